The van der Waals surface area contributed by atoms with Crippen molar-refractivity contribution in [1.82, 2.24) is 25.2 Å². The van der Waals surface area contributed by atoms with Crippen LogP contribution in [-0.4, -0.2) is 49.5 Å². The van der Waals surface area contributed by atoms with Gasteiger partial charge in [0.1, 0.15) is 11.7 Å². The largest absolute Gasteiger partial charge is 0.346 e. The molecule has 2 aromatic heterocycles. The number of carbonyl (C=O) groups excluding carboxylic acids is 4. The lowest BCUT2D eigenvalue weighted by Crippen LogP contribution is -2.52. The van der Waals surface area contributed by atoms with Gasteiger partial charge in [-0.3, -0.25) is 24.5 Å². The maximum atomic E-state index is 12.7. The van der Waals surface area contributed by atoms with Crippen molar-refractivity contribution in [1.29, 1.82) is 0 Å². The van der Waals surface area contributed by atoms with E-state index in [4.69, 9.17) is 0 Å². The lowest BCUT2D eigenvalue weighted by molar-refractivity contribution is -0.136. The number of carbonyl (C=O) groups is 4. The fourth-order valence-corrected chi connectivity index (χ4v) is 3.79. The van der Waals surface area contributed by atoms with Crippen molar-refractivity contribution >= 4 is 40.3 Å². The molecule has 3 aromatic rings. The third-order valence-corrected chi connectivity index (χ3v) is 5.28. The third kappa shape index (κ3) is 2.98. The summed E-state index contributed by atoms with van der Waals surface area (Å²) in [4.78, 5) is 61.4. The summed E-state index contributed by atoms with van der Waals surface area (Å²) in [6.07, 6.45) is 3.77. The van der Waals surface area contributed by atoms with Crippen molar-refractivity contribution < 1.29 is 19.2 Å². The van der Waals surface area contributed by atoms with Gasteiger partial charge in [-0.1, -0.05) is 0 Å². The normalized spacial score (nSPS) is 18.5. The molecule has 3 N–H and O–H groups in total. The van der Waals surface area contributed by atoms with E-state index in [1.807, 2.05) is 6.07 Å². The molecule has 4 amide bonds. The Labute approximate surface area is 169 Å². The van der Waals surface area contributed by atoms with E-state index in [1.165, 1.54) is 4.90 Å². The number of benzene rings is 1. The van der Waals surface area contributed by atoms with Crippen LogP contribution in [0, 0.1) is 0 Å². The molecule has 0 bridgehead atoms. The van der Waals surface area contributed by atoms with Crippen molar-refractivity contribution in [2.24, 2.45) is 0 Å². The third-order valence-electron chi connectivity index (χ3n) is 5.28. The monoisotopic (exact) mass is 404 g/mol. The van der Waals surface area contributed by atoms with E-state index in [2.05, 4.69) is 25.6 Å². The first-order valence-electron chi connectivity index (χ1n) is 9.38. The number of hydrogen-bond acceptors (Lipinski definition) is 6. The Bertz CT molecular complexity index is 1230. The van der Waals surface area contributed by atoms with E-state index in [9.17, 15) is 19.2 Å². The van der Waals surface area contributed by atoms with Gasteiger partial charge in [-0.25, -0.2) is 9.97 Å². The predicted octanol–water partition coefficient (Wildman–Crippen LogP) is 0.971. The molecule has 4 heterocycles. The number of piperidine rings is 1. The highest BCUT2D eigenvalue weighted by Crippen LogP contribution is 2.29. The number of anilines is 1. The summed E-state index contributed by atoms with van der Waals surface area (Å²) in [7, 11) is 0. The number of rotatable bonds is 3. The lowest BCUT2D eigenvalue weighted by atomic mass is 10.0. The quantitative estimate of drug-likeness (QED) is 0.556. The molecular weight excluding hydrogens is 388 g/mol. The SMILES string of the molecule is O=C1CCC(N2Cc3cc(NC(=O)c4ncc5cc[nH]c5n4)ccc3C2=O)C(=O)N1. The summed E-state index contributed by atoms with van der Waals surface area (Å²) in [6.45, 7) is 0.231. The van der Waals surface area contributed by atoms with Crippen LogP contribution in [0.1, 0.15) is 39.4 Å². The molecule has 1 saturated heterocycles. The molecule has 2 aliphatic rings. The van der Waals surface area contributed by atoms with E-state index in [0.29, 0.717) is 28.9 Å². The van der Waals surface area contributed by atoms with Crippen LogP contribution in [0.4, 0.5) is 5.69 Å². The van der Waals surface area contributed by atoms with Crippen molar-refractivity contribution in [3.63, 3.8) is 0 Å². The van der Waals surface area contributed by atoms with Crippen LogP contribution in [0.25, 0.3) is 11.0 Å². The highest BCUT2D eigenvalue weighted by atomic mass is 16.2. The number of hydrogen-bond donors (Lipinski definition) is 3. The average Bonchev–Trinajstić information content (AvgIpc) is 3.32. The van der Waals surface area contributed by atoms with Crippen molar-refractivity contribution in [2.75, 3.05) is 5.32 Å². The summed E-state index contributed by atoms with van der Waals surface area (Å²) in [6, 6.07) is 6.07. The van der Waals surface area contributed by atoms with E-state index in [1.54, 1.807) is 30.6 Å². The number of aromatic amines is 1. The first-order chi connectivity index (χ1) is 14.5. The molecule has 0 aliphatic carbocycles. The molecule has 30 heavy (non-hydrogen) atoms. The Morgan fingerprint density at radius 1 is 1.20 bits per heavy atom. The average molecular weight is 404 g/mol. The Balaban J connectivity index is 1.34. The van der Waals surface area contributed by atoms with Gasteiger partial charge >= 0.3 is 0 Å². The van der Waals surface area contributed by atoms with Gasteiger partial charge < -0.3 is 15.2 Å². The van der Waals surface area contributed by atoms with Crippen LogP contribution in [0.15, 0.2) is 36.7 Å². The second kappa shape index (κ2) is 6.76. The lowest BCUT2D eigenvalue weighted by Gasteiger charge is -2.29. The van der Waals surface area contributed by atoms with Crippen molar-refractivity contribution in [2.45, 2.75) is 25.4 Å². The van der Waals surface area contributed by atoms with Crippen molar-refractivity contribution in [3.05, 3.63) is 53.6 Å². The van der Waals surface area contributed by atoms with E-state index in [-0.39, 0.29) is 30.6 Å². The number of aromatic nitrogens is 3. The molecule has 0 radical (unpaired) electrons. The Morgan fingerprint density at radius 2 is 2.07 bits per heavy atom. The topological polar surface area (TPSA) is 137 Å². The van der Waals surface area contributed by atoms with Gasteiger partial charge in [0, 0.05) is 42.0 Å². The first-order valence-corrected chi connectivity index (χ1v) is 9.38. The maximum Gasteiger partial charge on any atom is 0.293 e. The highest BCUT2D eigenvalue weighted by Gasteiger charge is 2.39. The van der Waals surface area contributed by atoms with E-state index >= 15 is 0 Å². The van der Waals surface area contributed by atoms with Crippen molar-refractivity contribution in [3.8, 4) is 0 Å². The molecule has 150 valence electrons. The summed E-state index contributed by atoms with van der Waals surface area (Å²) in [5.74, 6) is -1.51. The second-order valence-corrected chi connectivity index (χ2v) is 7.20. The summed E-state index contributed by atoms with van der Waals surface area (Å²) in [5.41, 5.74) is 2.23. The van der Waals surface area contributed by atoms with Gasteiger partial charge in [0.15, 0.2) is 0 Å². The molecule has 2 aliphatic heterocycles. The minimum Gasteiger partial charge on any atom is -0.346 e. The molecule has 5 rings (SSSR count). The van der Waals surface area contributed by atoms with Gasteiger partial charge in [-0.05, 0) is 36.2 Å². The molecule has 1 aromatic carbocycles. The molecule has 1 atom stereocenters. The predicted molar refractivity (Wildman–Crippen MR) is 104 cm³/mol. The van der Waals surface area contributed by atoms with Crippen LogP contribution in [-0.2, 0) is 16.1 Å². The summed E-state index contributed by atoms with van der Waals surface area (Å²) >= 11 is 0. The van der Waals surface area contributed by atoms with E-state index in [0.717, 1.165) is 5.39 Å². The minimum atomic E-state index is -0.679. The number of amides is 4. The van der Waals surface area contributed by atoms with Crippen LogP contribution >= 0.6 is 0 Å². The summed E-state index contributed by atoms with van der Waals surface area (Å²) < 4.78 is 0. The Kier molecular flexibility index (Phi) is 4.05. The second-order valence-electron chi connectivity index (χ2n) is 7.20. The minimum absolute atomic E-state index is 0.0201. The van der Waals surface area contributed by atoms with Gasteiger partial charge in [0.25, 0.3) is 11.8 Å². The number of nitrogens with zero attached hydrogens (tertiary/aromatic N) is 3. The zero-order valence-electron chi connectivity index (χ0n) is 15.6. The Morgan fingerprint density at radius 3 is 2.90 bits per heavy atom. The number of H-pyrrole nitrogens is 1. The molecule has 0 saturated carbocycles. The zero-order chi connectivity index (χ0) is 20.8. The smallest absolute Gasteiger partial charge is 0.293 e. The maximum absolute atomic E-state index is 12.7. The van der Waals surface area contributed by atoms with Crippen LogP contribution < -0.4 is 10.6 Å². The zero-order valence-corrected chi connectivity index (χ0v) is 15.6. The fraction of sp³-hybridized carbons (Fsp3) is 0.200. The van der Waals surface area contributed by atoms with Crippen LogP contribution in [0.5, 0.6) is 0 Å². The van der Waals surface area contributed by atoms with Crippen LogP contribution in [0.3, 0.4) is 0 Å². The van der Waals surface area contributed by atoms with Gasteiger partial charge in [0.2, 0.25) is 17.6 Å². The molecular formula is C20H16N6O4. The summed E-state index contributed by atoms with van der Waals surface area (Å²) in [5, 5.41) is 5.81. The molecule has 1 fully saturated rings. The molecule has 0 spiro atoms. The van der Waals surface area contributed by atoms with Gasteiger partial charge in [-0.15, -0.1) is 0 Å². The Hall–Kier alpha value is -4.08. The van der Waals surface area contributed by atoms with Crippen LogP contribution in [0.2, 0.25) is 0 Å². The molecule has 10 nitrogen and oxygen atoms in total. The number of fused-ring (bicyclic) bond motifs is 2. The number of nitrogens with one attached hydrogen (secondary N) is 3. The molecule has 1 unspecified atom stereocenters. The van der Waals surface area contributed by atoms with Gasteiger partial charge in [0.05, 0.1) is 0 Å². The highest BCUT2D eigenvalue weighted by molar-refractivity contribution is 6.06. The standard InChI is InChI=1S/C20H16N6O4/c27-15-4-3-14(18(28)24-15)26-9-11-7-12(1-2-13(11)20(26)30)23-19(29)17-22-8-10-5-6-21-16(10)25-17/h1-2,5-8,14H,3-4,9H2,(H,23,29)(H,21,22,25)(H,24,27,28). The number of imide groups is 1. The van der Waals surface area contributed by atoms with E-state index < -0.39 is 17.9 Å². The fourth-order valence-electron chi connectivity index (χ4n) is 3.79. The molecule has 10 heteroatoms. The van der Waals surface area contributed by atoms with Gasteiger partial charge in [-0.2, -0.15) is 0 Å². The first kappa shape index (κ1) is 18.0.